The highest BCUT2D eigenvalue weighted by atomic mass is 35.5. The van der Waals surface area contributed by atoms with Crippen molar-refractivity contribution in [3.8, 4) is 0 Å². The van der Waals surface area contributed by atoms with Gasteiger partial charge >= 0.3 is 0 Å². The fourth-order valence-corrected chi connectivity index (χ4v) is 7.80. The van der Waals surface area contributed by atoms with Crippen molar-refractivity contribution in [2.75, 3.05) is 37.6 Å². The molecule has 0 radical (unpaired) electrons. The number of aromatic nitrogens is 2. The summed E-state index contributed by atoms with van der Waals surface area (Å²) in [6, 6.07) is 14.0. The van der Waals surface area contributed by atoms with E-state index in [1.165, 1.54) is 43.4 Å². The minimum absolute atomic E-state index is 0.391. The Hall–Kier alpha value is -2.44. The van der Waals surface area contributed by atoms with Crippen molar-refractivity contribution in [1.29, 1.82) is 0 Å². The summed E-state index contributed by atoms with van der Waals surface area (Å²) >= 11 is 6.48. The summed E-state index contributed by atoms with van der Waals surface area (Å²) in [6.07, 6.45) is 9.17. The van der Waals surface area contributed by atoms with E-state index in [-0.39, 0.29) is 0 Å². The van der Waals surface area contributed by atoms with Crippen molar-refractivity contribution < 1.29 is 9.30 Å². The van der Waals surface area contributed by atoms with E-state index in [1.54, 1.807) is 26.6 Å². The molecule has 39 heavy (non-hydrogen) atoms. The maximum atomic E-state index is 13.1. The molecule has 2 saturated heterocycles. The summed E-state index contributed by atoms with van der Waals surface area (Å²) in [6.45, 7) is 5.28. The fourth-order valence-electron chi connectivity index (χ4n) is 6.47. The van der Waals surface area contributed by atoms with Crippen LogP contribution >= 0.6 is 18.7 Å². The van der Waals surface area contributed by atoms with Crippen LogP contribution in [0, 0.1) is 5.92 Å². The Morgan fingerprint density at radius 2 is 1.85 bits per heavy atom. The van der Waals surface area contributed by atoms with E-state index in [0.29, 0.717) is 29.1 Å². The monoisotopic (exact) mass is 565 g/mol. The minimum Gasteiger partial charge on any atom is -0.380 e. The molecule has 1 aromatic heterocycles. The zero-order valence-electron chi connectivity index (χ0n) is 22.9. The Labute approximate surface area is 236 Å². The predicted octanol–water partition coefficient (Wildman–Crippen LogP) is 6.35. The van der Waals surface area contributed by atoms with Gasteiger partial charge in [0.2, 0.25) is 5.95 Å². The third-order valence-corrected chi connectivity index (χ3v) is 10.3. The van der Waals surface area contributed by atoms with E-state index < -0.39 is 7.14 Å². The van der Waals surface area contributed by atoms with Gasteiger partial charge in [-0.25, -0.2) is 4.98 Å². The van der Waals surface area contributed by atoms with Gasteiger partial charge < -0.3 is 19.9 Å². The van der Waals surface area contributed by atoms with Gasteiger partial charge in [-0.3, -0.25) is 4.90 Å². The molecule has 3 aromatic rings. The highest BCUT2D eigenvalue weighted by molar-refractivity contribution is 7.70. The Bertz CT molecular complexity index is 1420. The average molecular weight is 566 g/mol. The summed E-state index contributed by atoms with van der Waals surface area (Å²) in [5, 5.41) is 7.80. The van der Waals surface area contributed by atoms with Crippen LogP contribution < -0.4 is 15.9 Å². The Kier molecular flexibility index (Phi) is 7.45. The zero-order valence-corrected chi connectivity index (χ0v) is 24.6. The molecule has 1 saturated carbocycles. The number of nitrogens with zero attached hydrogens (tertiary/aromatic N) is 3. The normalized spacial score (nSPS) is 22.6. The van der Waals surface area contributed by atoms with Gasteiger partial charge in [0.05, 0.1) is 18.5 Å². The number of ether oxygens (including phenoxy) is 1. The van der Waals surface area contributed by atoms with Crippen molar-refractivity contribution in [3.63, 3.8) is 0 Å². The van der Waals surface area contributed by atoms with Gasteiger partial charge in [-0.05, 0) is 98.7 Å². The standard InChI is InChI=1S/C30H37ClN5O2P/c1-38-18-19-4-11-27(28(14-19)39(2,3)37)34-29-26(31)16-32-30(35-29)33-23-8-5-21-6-9-24(10-7-22(21)15-23)36-17-20-12-25(36)13-20/h4-5,8,11,14-16,20,24-25H,6-7,9-10,12-13,17-18H2,1-3H3,(H2,32,33,34,35)/t20?,24-,25?/m1/s1. The molecule has 1 atom stereocenters. The lowest BCUT2D eigenvalue weighted by molar-refractivity contribution is 0.170. The number of fused-ring (bicyclic) bond motifs is 2. The quantitative estimate of drug-likeness (QED) is 0.243. The van der Waals surface area contributed by atoms with Gasteiger partial charge in [-0.1, -0.05) is 23.7 Å². The van der Waals surface area contributed by atoms with E-state index in [1.807, 2.05) is 18.2 Å². The lowest BCUT2D eigenvalue weighted by atomic mass is 9.86. The molecule has 0 amide bonds. The number of rotatable bonds is 8. The largest absolute Gasteiger partial charge is 0.380 e. The van der Waals surface area contributed by atoms with E-state index in [2.05, 4.69) is 43.7 Å². The van der Waals surface area contributed by atoms with Crippen LogP contribution in [0.2, 0.25) is 5.02 Å². The van der Waals surface area contributed by atoms with E-state index in [9.17, 15) is 4.57 Å². The topological polar surface area (TPSA) is 79.4 Å². The van der Waals surface area contributed by atoms with Crippen molar-refractivity contribution in [2.45, 2.75) is 57.2 Å². The number of aryl methyl sites for hydroxylation is 2. The van der Waals surface area contributed by atoms with Gasteiger partial charge in [-0.2, -0.15) is 4.98 Å². The first-order valence-electron chi connectivity index (χ1n) is 13.9. The first-order valence-corrected chi connectivity index (χ1v) is 16.9. The molecule has 7 rings (SSSR count). The molecule has 2 aliphatic heterocycles. The van der Waals surface area contributed by atoms with Crippen LogP contribution in [-0.2, 0) is 28.8 Å². The second-order valence-electron chi connectivity index (χ2n) is 11.7. The van der Waals surface area contributed by atoms with Crippen molar-refractivity contribution in [3.05, 3.63) is 64.3 Å². The van der Waals surface area contributed by atoms with Crippen LogP contribution in [-0.4, -0.2) is 53.9 Å². The zero-order chi connectivity index (χ0) is 27.1. The lowest BCUT2D eigenvalue weighted by Gasteiger charge is -2.32. The van der Waals surface area contributed by atoms with Crippen LogP contribution in [0.3, 0.4) is 0 Å². The van der Waals surface area contributed by atoms with Gasteiger partial charge in [0.15, 0.2) is 5.82 Å². The van der Waals surface area contributed by atoms with Gasteiger partial charge in [0, 0.05) is 36.7 Å². The fraction of sp³-hybridized carbons (Fsp3) is 0.467. The predicted molar refractivity (Wildman–Crippen MR) is 160 cm³/mol. The number of nitrogens with one attached hydrogen (secondary N) is 2. The summed E-state index contributed by atoms with van der Waals surface area (Å²) in [5.41, 5.74) is 5.53. The molecule has 2 N–H and O–H groups in total. The molecule has 2 aromatic carbocycles. The molecule has 2 bridgehead atoms. The third-order valence-electron chi connectivity index (χ3n) is 8.52. The van der Waals surface area contributed by atoms with Crippen LogP contribution in [0.25, 0.3) is 0 Å². The van der Waals surface area contributed by atoms with Gasteiger partial charge in [0.25, 0.3) is 0 Å². The maximum Gasteiger partial charge on any atom is 0.229 e. The molecule has 0 spiro atoms. The molecule has 7 nitrogen and oxygen atoms in total. The molecular formula is C30H37ClN5O2P. The summed E-state index contributed by atoms with van der Waals surface area (Å²) in [4.78, 5) is 11.9. The van der Waals surface area contributed by atoms with Gasteiger partial charge in [0.1, 0.15) is 12.2 Å². The molecule has 206 valence electrons. The molecular weight excluding hydrogens is 529 g/mol. The van der Waals surface area contributed by atoms with E-state index >= 15 is 0 Å². The minimum atomic E-state index is -2.58. The summed E-state index contributed by atoms with van der Waals surface area (Å²) < 4.78 is 18.3. The molecule has 9 heteroatoms. The molecule has 3 fully saturated rings. The Balaban J connectivity index is 1.18. The van der Waals surface area contributed by atoms with Crippen molar-refractivity contribution >= 4 is 47.2 Å². The highest BCUT2D eigenvalue weighted by Gasteiger charge is 2.45. The molecule has 0 unspecified atom stereocenters. The SMILES string of the molecule is COCc1ccc(Nc2nc(Nc3ccc4c(c3)CC[C@H](N3CC5CC3C5)CC4)ncc2Cl)c(P(C)(C)=O)c1. The molecule has 2 aliphatic carbocycles. The second kappa shape index (κ2) is 10.9. The highest BCUT2D eigenvalue weighted by Crippen LogP contribution is 2.44. The first-order chi connectivity index (χ1) is 18.8. The molecule has 3 heterocycles. The lowest BCUT2D eigenvalue weighted by Crippen LogP contribution is -2.37. The maximum absolute atomic E-state index is 13.1. The number of halogens is 1. The first kappa shape index (κ1) is 26.8. The van der Waals surface area contributed by atoms with Gasteiger partial charge in [-0.15, -0.1) is 0 Å². The third kappa shape index (κ3) is 5.74. The number of hydrogen-bond donors (Lipinski definition) is 2. The van der Waals surface area contributed by atoms with E-state index in [0.717, 1.165) is 47.4 Å². The van der Waals surface area contributed by atoms with E-state index in [4.69, 9.17) is 16.3 Å². The number of hydrogen-bond acceptors (Lipinski definition) is 7. The van der Waals surface area contributed by atoms with Crippen LogP contribution in [0.4, 0.5) is 23.1 Å². The average Bonchev–Trinajstić information content (AvgIpc) is 3.42. The number of benzene rings is 2. The summed E-state index contributed by atoms with van der Waals surface area (Å²) in [7, 11) is -0.927. The number of anilines is 4. The Morgan fingerprint density at radius 3 is 2.56 bits per heavy atom. The van der Waals surface area contributed by atoms with Crippen LogP contribution in [0.15, 0.2) is 42.6 Å². The smallest absolute Gasteiger partial charge is 0.229 e. The van der Waals surface area contributed by atoms with Crippen LogP contribution in [0.1, 0.15) is 42.4 Å². The number of methoxy groups -OCH3 is 1. The second-order valence-corrected chi connectivity index (χ2v) is 15.3. The Morgan fingerprint density at radius 1 is 1.05 bits per heavy atom. The van der Waals surface area contributed by atoms with Crippen molar-refractivity contribution in [2.24, 2.45) is 5.92 Å². The van der Waals surface area contributed by atoms with Crippen molar-refractivity contribution in [1.82, 2.24) is 14.9 Å². The molecule has 4 aliphatic rings. The van der Waals surface area contributed by atoms with Crippen LogP contribution in [0.5, 0.6) is 0 Å². The summed E-state index contributed by atoms with van der Waals surface area (Å²) in [5.74, 6) is 1.88.